The molecule has 0 radical (unpaired) electrons. The van der Waals surface area contributed by atoms with Gasteiger partial charge >= 0.3 is 0 Å². The van der Waals surface area contributed by atoms with Crippen molar-refractivity contribution in [3.8, 4) is 0 Å². The molecular formula is C19H22N2O2. The van der Waals surface area contributed by atoms with E-state index in [9.17, 15) is 4.79 Å². The minimum absolute atomic E-state index is 0.0769. The summed E-state index contributed by atoms with van der Waals surface area (Å²) in [5.74, 6) is -0.0191. The molecular weight excluding hydrogens is 288 g/mol. The molecule has 4 heteroatoms. The second-order valence-electron chi connectivity index (χ2n) is 5.91. The lowest BCUT2D eigenvalue weighted by Gasteiger charge is -2.22. The predicted octanol–water partition coefficient (Wildman–Crippen LogP) is 2.58. The lowest BCUT2D eigenvalue weighted by Crippen LogP contribution is -2.37. The Balaban J connectivity index is 1.67. The molecule has 4 nitrogen and oxygen atoms in total. The van der Waals surface area contributed by atoms with Gasteiger partial charge in [0, 0.05) is 19.1 Å². The van der Waals surface area contributed by atoms with Crippen molar-refractivity contribution in [2.45, 2.75) is 18.6 Å². The van der Waals surface area contributed by atoms with E-state index in [1.165, 1.54) is 5.56 Å². The van der Waals surface area contributed by atoms with E-state index < -0.39 is 6.04 Å². The molecule has 2 aromatic carbocycles. The number of benzene rings is 2. The molecule has 1 heterocycles. The molecule has 3 N–H and O–H groups in total. The van der Waals surface area contributed by atoms with E-state index in [2.05, 4.69) is 17.4 Å². The van der Waals surface area contributed by atoms with Gasteiger partial charge in [0.15, 0.2) is 0 Å². The SMILES string of the molecule is NC(=O)[C@@H](NC[C@H]1CCO[C@@H]1c1ccccc1)c1ccccc1. The Morgan fingerprint density at radius 3 is 2.43 bits per heavy atom. The maximum absolute atomic E-state index is 11.8. The Hall–Kier alpha value is -2.17. The van der Waals surface area contributed by atoms with Crippen LogP contribution in [0.2, 0.25) is 0 Å². The van der Waals surface area contributed by atoms with Gasteiger partial charge in [0.25, 0.3) is 0 Å². The molecule has 0 saturated carbocycles. The van der Waals surface area contributed by atoms with Crippen LogP contribution in [0.5, 0.6) is 0 Å². The summed E-state index contributed by atoms with van der Waals surface area (Å²) < 4.78 is 5.89. The van der Waals surface area contributed by atoms with Crippen LogP contribution in [0.25, 0.3) is 0 Å². The molecule has 0 aliphatic carbocycles. The van der Waals surface area contributed by atoms with Crippen molar-refractivity contribution in [3.63, 3.8) is 0 Å². The molecule has 1 aliphatic rings. The summed E-state index contributed by atoms with van der Waals surface area (Å²) in [5, 5.41) is 3.32. The van der Waals surface area contributed by atoms with Crippen molar-refractivity contribution in [2.24, 2.45) is 11.7 Å². The number of hydrogen-bond donors (Lipinski definition) is 2. The molecule has 0 unspecified atom stereocenters. The van der Waals surface area contributed by atoms with Gasteiger partial charge in [0.05, 0.1) is 6.10 Å². The van der Waals surface area contributed by atoms with E-state index in [1.807, 2.05) is 48.5 Å². The molecule has 1 saturated heterocycles. The van der Waals surface area contributed by atoms with Crippen LogP contribution in [0.15, 0.2) is 60.7 Å². The van der Waals surface area contributed by atoms with E-state index in [0.717, 1.165) is 18.6 Å². The third-order valence-corrected chi connectivity index (χ3v) is 4.34. The van der Waals surface area contributed by atoms with Crippen molar-refractivity contribution >= 4 is 5.91 Å². The second kappa shape index (κ2) is 7.40. The zero-order chi connectivity index (χ0) is 16.1. The zero-order valence-electron chi connectivity index (χ0n) is 13.0. The largest absolute Gasteiger partial charge is 0.373 e. The number of nitrogens with one attached hydrogen (secondary N) is 1. The normalized spacial score (nSPS) is 21.9. The van der Waals surface area contributed by atoms with Crippen molar-refractivity contribution in [1.29, 1.82) is 0 Å². The molecule has 23 heavy (non-hydrogen) atoms. The Kier molecular flexibility index (Phi) is 5.05. The van der Waals surface area contributed by atoms with Crippen LogP contribution in [0.4, 0.5) is 0 Å². The van der Waals surface area contributed by atoms with Gasteiger partial charge in [-0.05, 0) is 17.5 Å². The summed E-state index contributed by atoms with van der Waals surface area (Å²) in [7, 11) is 0. The highest BCUT2D eigenvalue weighted by atomic mass is 16.5. The Morgan fingerprint density at radius 2 is 1.78 bits per heavy atom. The molecule has 0 aromatic heterocycles. The molecule has 1 fully saturated rings. The van der Waals surface area contributed by atoms with Gasteiger partial charge in [0.2, 0.25) is 5.91 Å². The maximum atomic E-state index is 11.8. The van der Waals surface area contributed by atoms with Crippen molar-refractivity contribution in [1.82, 2.24) is 5.32 Å². The molecule has 3 rings (SSSR count). The van der Waals surface area contributed by atoms with E-state index in [4.69, 9.17) is 10.5 Å². The van der Waals surface area contributed by atoms with Crippen molar-refractivity contribution in [3.05, 3.63) is 71.8 Å². The van der Waals surface area contributed by atoms with Crippen LogP contribution < -0.4 is 11.1 Å². The number of amides is 1. The monoisotopic (exact) mass is 310 g/mol. The smallest absolute Gasteiger partial charge is 0.239 e. The van der Waals surface area contributed by atoms with Gasteiger partial charge in [-0.1, -0.05) is 60.7 Å². The average Bonchev–Trinajstić information content (AvgIpc) is 3.05. The minimum atomic E-state index is -0.465. The van der Waals surface area contributed by atoms with Gasteiger partial charge in [-0.25, -0.2) is 0 Å². The van der Waals surface area contributed by atoms with E-state index >= 15 is 0 Å². The minimum Gasteiger partial charge on any atom is -0.373 e. The lowest BCUT2D eigenvalue weighted by atomic mass is 9.94. The molecule has 0 bridgehead atoms. The van der Waals surface area contributed by atoms with Crippen LogP contribution in [-0.4, -0.2) is 19.1 Å². The fourth-order valence-corrected chi connectivity index (χ4v) is 3.15. The van der Waals surface area contributed by atoms with Crippen LogP contribution >= 0.6 is 0 Å². The van der Waals surface area contributed by atoms with Crippen LogP contribution in [0.1, 0.15) is 29.7 Å². The third kappa shape index (κ3) is 3.78. The van der Waals surface area contributed by atoms with Gasteiger partial charge < -0.3 is 15.8 Å². The first kappa shape index (κ1) is 15.7. The number of carbonyl (C=O) groups is 1. The first-order chi connectivity index (χ1) is 11.3. The molecule has 120 valence electrons. The number of rotatable bonds is 6. The standard InChI is InChI=1S/C19H22N2O2/c20-19(22)17(14-7-3-1-4-8-14)21-13-16-11-12-23-18(16)15-9-5-2-6-10-15/h1-10,16-18,21H,11-13H2,(H2,20,22)/t16-,17+,18-/m1/s1. The van der Waals surface area contributed by atoms with Crippen molar-refractivity contribution in [2.75, 3.05) is 13.2 Å². The van der Waals surface area contributed by atoms with Gasteiger partial charge in [-0.15, -0.1) is 0 Å². The Bertz CT molecular complexity index is 630. The highest BCUT2D eigenvalue weighted by Gasteiger charge is 2.30. The second-order valence-corrected chi connectivity index (χ2v) is 5.91. The Labute approximate surface area is 136 Å². The number of nitrogens with two attached hydrogens (primary N) is 1. The average molecular weight is 310 g/mol. The molecule has 1 aliphatic heterocycles. The summed E-state index contributed by atoms with van der Waals surface area (Å²) in [6.07, 6.45) is 1.06. The van der Waals surface area contributed by atoms with Gasteiger partial charge in [-0.3, -0.25) is 4.79 Å². The number of hydrogen-bond acceptors (Lipinski definition) is 3. The molecule has 3 atom stereocenters. The van der Waals surface area contributed by atoms with E-state index in [1.54, 1.807) is 0 Å². The lowest BCUT2D eigenvalue weighted by molar-refractivity contribution is -0.120. The van der Waals surface area contributed by atoms with Crippen LogP contribution in [-0.2, 0) is 9.53 Å². The molecule has 2 aromatic rings. The van der Waals surface area contributed by atoms with Gasteiger partial charge in [0.1, 0.15) is 6.04 Å². The van der Waals surface area contributed by atoms with Crippen LogP contribution in [0.3, 0.4) is 0 Å². The summed E-state index contributed by atoms with van der Waals surface area (Å²) in [6, 6.07) is 19.4. The zero-order valence-corrected chi connectivity index (χ0v) is 13.0. The van der Waals surface area contributed by atoms with Crippen LogP contribution in [0, 0.1) is 5.92 Å². The Morgan fingerprint density at radius 1 is 1.13 bits per heavy atom. The maximum Gasteiger partial charge on any atom is 0.239 e. The predicted molar refractivity (Wildman–Crippen MR) is 89.6 cm³/mol. The molecule has 1 amide bonds. The summed E-state index contributed by atoms with van der Waals surface area (Å²) in [5.41, 5.74) is 7.65. The fraction of sp³-hybridized carbons (Fsp3) is 0.316. The van der Waals surface area contributed by atoms with Gasteiger partial charge in [-0.2, -0.15) is 0 Å². The number of carbonyl (C=O) groups excluding carboxylic acids is 1. The fourth-order valence-electron chi connectivity index (χ4n) is 3.15. The first-order valence-electron chi connectivity index (χ1n) is 8.00. The quantitative estimate of drug-likeness (QED) is 0.862. The highest BCUT2D eigenvalue weighted by molar-refractivity contribution is 5.81. The third-order valence-electron chi connectivity index (χ3n) is 4.34. The van der Waals surface area contributed by atoms with E-state index in [-0.39, 0.29) is 12.0 Å². The first-order valence-corrected chi connectivity index (χ1v) is 8.00. The topological polar surface area (TPSA) is 64.4 Å². The van der Waals surface area contributed by atoms with E-state index in [0.29, 0.717) is 12.5 Å². The highest BCUT2D eigenvalue weighted by Crippen LogP contribution is 2.34. The number of primary amides is 1. The van der Waals surface area contributed by atoms with Crippen molar-refractivity contribution < 1.29 is 9.53 Å². The number of ether oxygens (including phenoxy) is 1. The summed E-state index contributed by atoms with van der Waals surface area (Å²) in [6.45, 7) is 1.44. The summed E-state index contributed by atoms with van der Waals surface area (Å²) in [4.78, 5) is 11.8. The molecule has 0 spiro atoms. The summed E-state index contributed by atoms with van der Waals surface area (Å²) >= 11 is 0.